The second-order valence-electron chi connectivity index (χ2n) is 3.04. The van der Waals surface area contributed by atoms with Crippen LogP contribution in [0.15, 0.2) is 30.7 Å². The molecule has 0 saturated carbocycles. The van der Waals surface area contributed by atoms with Crippen molar-refractivity contribution >= 4 is 0 Å². The molecule has 4 nitrogen and oxygen atoms in total. The van der Waals surface area contributed by atoms with Crippen LogP contribution in [0.4, 0.5) is 0 Å². The van der Waals surface area contributed by atoms with Gasteiger partial charge in [-0.25, -0.2) is 0 Å². The second-order valence-corrected chi connectivity index (χ2v) is 3.04. The third-order valence-electron chi connectivity index (χ3n) is 2.09. The fraction of sp³-hybridized carbons (Fsp3) is 0.200. The highest BCUT2D eigenvalue weighted by Gasteiger charge is 2.05. The molecule has 4 heteroatoms. The number of H-pyrrole nitrogens is 1. The van der Waals surface area contributed by atoms with Gasteiger partial charge in [-0.15, -0.1) is 0 Å². The topological polar surface area (TPSA) is 67.6 Å². The molecule has 3 N–H and O–H groups in total. The van der Waals surface area contributed by atoms with Crippen molar-refractivity contribution in [2.24, 2.45) is 5.73 Å². The van der Waals surface area contributed by atoms with E-state index in [0.29, 0.717) is 6.54 Å². The first-order valence-electron chi connectivity index (χ1n) is 4.54. The first-order valence-corrected chi connectivity index (χ1v) is 4.54. The number of nitrogens with zero attached hydrogens (tertiary/aromatic N) is 2. The second kappa shape index (κ2) is 4.02. The van der Waals surface area contributed by atoms with Crippen LogP contribution in [0.1, 0.15) is 5.69 Å². The maximum absolute atomic E-state index is 5.50. The molecule has 2 aromatic heterocycles. The lowest BCUT2D eigenvalue weighted by atomic mass is 10.1. The molecular formula is C10H12N4. The Hall–Kier alpha value is -1.68. The van der Waals surface area contributed by atoms with Gasteiger partial charge in [-0.3, -0.25) is 10.1 Å². The Bertz CT molecular complexity index is 394. The molecule has 0 amide bonds. The Labute approximate surface area is 82.2 Å². The number of rotatable bonds is 3. The molecule has 0 aliphatic carbocycles. The molecule has 2 rings (SSSR count). The van der Waals surface area contributed by atoms with E-state index in [-0.39, 0.29) is 0 Å². The lowest BCUT2D eigenvalue weighted by molar-refractivity contribution is 0.902. The zero-order chi connectivity index (χ0) is 9.80. The Balaban J connectivity index is 2.37. The van der Waals surface area contributed by atoms with Crippen molar-refractivity contribution in [1.82, 2.24) is 15.2 Å². The number of hydrogen-bond donors (Lipinski definition) is 2. The van der Waals surface area contributed by atoms with Crippen molar-refractivity contribution < 1.29 is 0 Å². The van der Waals surface area contributed by atoms with Gasteiger partial charge in [0.1, 0.15) is 0 Å². The van der Waals surface area contributed by atoms with Gasteiger partial charge in [-0.1, -0.05) is 6.07 Å². The molecular weight excluding hydrogens is 176 g/mol. The minimum Gasteiger partial charge on any atom is -0.330 e. The summed E-state index contributed by atoms with van der Waals surface area (Å²) in [6.07, 6.45) is 6.20. The summed E-state index contributed by atoms with van der Waals surface area (Å²) in [5, 5.41) is 6.96. The highest BCUT2D eigenvalue weighted by Crippen LogP contribution is 2.20. The van der Waals surface area contributed by atoms with Crippen LogP contribution in [0.25, 0.3) is 11.1 Å². The largest absolute Gasteiger partial charge is 0.330 e. The van der Waals surface area contributed by atoms with Crippen LogP contribution in [-0.4, -0.2) is 21.7 Å². The van der Waals surface area contributed by atoms with Crippen molar-refractivity contribution in [3.8, 4) is 11.1 Å². The molecule has 0 aromatic carbocycles. The predicted octanol–water partition coefficient (Wildman–Crippen LogP) is 0.973. The van der Waals surface area contributed by atoms with Gasteiger partial charge in [0, 0.05) is 35.6 Å². The molecule has 0 aliphatic rings. The van der Waals surface area contributed by atoms with Gasteiger partial charge >= 0.3 is 0 Å². The van der Waals surface area contributed by atoms with E-state index in [2.05, 4.69) is 15.2 Å². The van der Waals surface area contributed by atoms with Gasteiger partial charge in [0.15, 0.2) is 0 Å². The van der Waals surface area contributed by atoms with Crippen molar-refractivity contribution in [3.63, 3.8) is 0 Å². The van der Waals surface area contributed by atoms with E-state index in [1.54, 1.807) is 6.20 Å². The fourth-order valence-corrected chi connectivity index (χ4v) is 1.42. The number of hydrogen-bond acceptors (Lipinski definition) is 3. The van der Waals surface area contributed by atoms with Crippen molar-refractivity contribution in [3.05, 3.63) is 36.4 Å². The molecule has 0 unspecified atom stereocenters. The molecule has 0 saturated heterocycles. The highest BCUT2D eigenvalue weighted by atomic mass is 15.1. The molecule has 0 bridgehead atoms. The third-order valence-corrected chi connectivity index (χ3v) is 2.09. The molecule has 0 fully saturated rings. The molecule has 0 aliphatic heterocycles. The van der Waals surface area contributed by atoms with Crippen LogP contribution in [0.3, 0.4) is 0 Å². The fourth-order valence-electron chi connectivity index (χ4n) is 1.42. The number of nitrogens with one attached hydrogen (secondary N) is 1. The summed E-state index contributed by atoms with van der Waals surface area (Å²) >= 11 is 0. The Morgan fingerprint density at radius 1 is 1.36 bits per heavy atom. The Morgan fingerprint density at radius 2 is 2.29 bits per heavy atom. The Morgan fingerprint density at radius 3 is 3.00 bits per heavy atom. The molecule has 2 heterocycles. The van der Waals surface area contributed by atoms with Gasteiger partial charge in [0.25, 0.3) is 0 Å². The standard InChI is InChI=1S/C10H12N4/c11-4-3-10-9(7-13-14-10)8-2-1-5-12-6-8/h1-2,5-7H,3-4,11H2,(H,13,14). The summed E-state index contributed by atoms with van der Waals surface area (Å²) in [6, 6.07) is 3.92. The van der Waals surface area contributed by atoms with Crippen LogP contribution < -0.4 is 5.73 Å². The van der Waals surface area contributed by atoms with Crippen LogP contribution in [-0.2, 0) is 6.42 Å². The maximum atomic E-state index is 5.50. The summed E-state index contributed by atoms with van der Waals surface area (Å²) in [4.78, 5) is 4.07. The molecule has 2 aromatic rings. The zero-order valence-corrected chi connectivity index (χ0v) is 7.77. The van der Waals surface area contributed by atoms with E-state index in [0.717, 1.165) is 23.2 Å². The summed E-state index contributed by atoms with van der Waals surface area (Å²) in [6.45, 7) is 0.620. The molecule has 0 radical (unpaired) electrons. The summed E-state index contributed by atoms with van der Waals surface area (Å²) in [5.41, 5.74) is 8.73. The van der Waals surface area contributed by atoms with Crippen LogP contribution in [0, 0.1) is 0 Å². The van der Waals surface area contributed by atoms with Gasteiger partial charge < -0.3 is 5.73 Å². The summed E-state index contributed by atoms with van der Waals surface area (Å²) in [7, 11) is 0. The first-order chi connectivity index (χ1) is 6.92. The minimum absolute atomic E-state index is 0.620. The van der Waals surface area contributed by atoms with E-state index in [4.69, 9.17) is 5.73 Å². The number of nitrogens with two attached hydrogens (primary N) is 1. The van der Waals surface area contributed by atoms with Gasteiger partial charge in [-0.05, 0) is 12.6 Å². The van der Waals surface area contributed by atoms with Crippen LogP contribution >= 0.6 is 0 Å². The number of aromatic nitrogens is 3. The van der Waals surface area contributed by atoms with Crippen molar-refractivity contribution in [2.75, 3.05) is 6.54 Å². The lowest BCUT2D eigenvalue weighted by Crippen LogP contribution is -2.03. The molecule has 72 valence electrons. The van der Waals surface area contributed by atoms with E-state index in [1.807, 2.05) is 24.5 Å². The molecule has 0 spiro atoms. The monoisotopic (exact) mass is 188 g/mol. The van der Waals surface area contributed by atoms with E-state index >= 15 is 0 Å². The van der Waals surface area contributed by atoms with Crippen molar-refractivity contribution in [1.29, 1.82) is 0 Å². The van der Waals surface area contributed by atoms with Gasteiger partial charge in [-0.2, -0.15) is 5.10 Å². The predicted molar refractivity (Wildman–Crippen MR) is 54.6 cm³/mol. The number of pyridine rings is 1. The summed E-state index contributed by atoms with van der Waals surface area (Å²) in [5.74, 6) is 0. The highest BCUT2D eigenvalue weighted by molar-refractivity contribution is 5.63. The number of aromatic amines is 1. The first kappa shape index (κ1) is 8.90. The quantitative estimate of drug-likeness (QED) is 0.754. The maximum Gasteiger partial charge on any atom is 0.0569 e. The Kier molecular flexibility index (Phi) is 2.55. The normalized spacial score (nSPS) is 10.4. The van der Waals surface area contributed by atoms with E-state index in [1.165, 1.54) is 0 Å². The molecule has 0 atom stereocenters. The summed E-state index contributed by atoms with van der Waals surface area (Å²) < 4.78 is 0. The van der Waals surface area contributed by atoms with E-state index in [9.17, 15) is 0 Å². The minimum atomic E-state index is 0.620. The van der Waals surface area contributed by atoms with E-state index < -0.39 is 0 Å². The smallest absolute Gasteiger partial charge is 0.0569 e. The van der Waals surface area contributed by atoms with Crippen LogP contribution in [0.5, 0.6) is 0 Å². The average molecular weight is 188 g/mol. The SMILES string of the molecule is NCCc1[nH]ncc1-c1cccnc1. The zero-order valence-electron chi connectivity index (χ0n) is 7.77. The third kappa shape index (κ3) is 1.65. The van der Waals surface area contributed by atoms with Gasteiger partial charge in [0.2, 0.25) is 0 Å². The van der Waals surface area contributed by atoms with Gasteiger partial charge in [0.05, 0.1) is 6.20 Å². The molecule has 14 heavy (non-hydrogen) atoms. The van der Waals surface area contributed by atoms with Crippen molar-refractivity contribution in [2.45, 2.75) is 6.42 Å². The lowest BCUT2D eigenvalue weighted by Gasteiger charge is -2.00. The van der Waals surface area contributed by atoms with Crippen LogP contribution in [0.2, 0.25) is 0 Å². The average Bonchev–Trinajstić information content (AvgIpc) is 2.68.